The largest absolute Gasteiger partial charge is 0.452 e. The summed E-state index contributed by atoms with van der Waals surface area (Å²) in [5, 5.41) is 6.80. The third kappa shape index (κ3) is 5.03. The van der Waals surface area contributed by atoms with Gasteiger partial charge in [0.05, 0.1) is 25.3 Å². The molecule has 2 aromatic heterocycles. The van der Waals surface area contributed by atoms with Gasteiger partial charge in [0.15, 0.2) is 17.3 Å². The average molecular weight is 526 g/mol. The van der Waals surface area contributed by atoms with Gasteiger partial charge < -0.3 is 9.47 Å². The van der Waals surface area contributed by atoms with Crippen LogP contribution in [0.25, 0.3) is 16.9 Å². The van der Waals surface area contributed by atoms with Gasteiger partial charge in [0.25, 0.3) is 0 Å². The molecule has 0 saturated heterocycles. The number of aromatic nitrogens is 4. The molecule has 16 heteroatoms. The van der Waals surface area contributed by atoms with Crippen molar-refractivity contribution in [1.82, 2.24) is 19.6 Å². The molecule has 0 unspecified atom stereocenters. The van der Waals surface area contributed by atoms with Gasteiger partial charge >= 0.3 is 24.5 Å². The Hall–Kier alpha value is -3.75. The van der Waals surface area contributed by atoms with Crippen LogP contribution in [0.4, 0.5) is 41.7 Å². The normalized spacial score (nSPS) is 11.9. The topological polar surface area (TPSA) is 91.5 Å². The number of nitrogens with zero attached hydrogens (tertiary/aromatic N) is 5. The number of carbonyl (C=O) groups excluding carboxylic acids is 2. The summed E-state index contributed by atoms with van der Waals surface area (Å²) in [5.41, 5.74) is -4.93. The summed E-state index contributed by atoms with van der Waals surface area (Å²) >= 11 is 5.79. The van der Waals surface area contributed by atoms with E-state index in [1.54, 1.807) is 0 Å². The summed E-state index contributed by atoms with van der Waals surface area (Å²) in [6, 6.07) is 2.85. The monoisotopic (exact) mass is 525 g/mol. The number of methoxy groups -OCH3 is 2. The summed E-state index contributed by atoms with van der Waals surface area (Å²) in [6.07, 6.45) is -12.0. The molecule has 0 N–H and O–H groups in total. The van der Waals surface area contributed by atoms with Gasteiger partial charge in [-0.25, -0.2) is 9.59 Å². The maximum Gasteiger partial charge on any atom is 0.435 e. The highest BCUT2D eigenvalue weighted by atomic mass is 35.5. The molecular formula is C19H14ClF6N5O4. The Labute approximate surface area is 197 Å². The smallest absolute Gasteiger partial charge is 0.435 e. The van der Waals surface area contributed by atoms with E-state index in [9.17, 15) is 35.9 Å². The van der Waals surface area contributed by atoms with Crippen molar-refractivity contribution in [2.24, 2.45) is 7.05 Å². The van der Waals surface area contributed by atoms with E-state index in [0.717, 1.165) is 20.3 Å². The number of hydrogen-bond acceptors (Lipinski definition) is 6. The summed E-state index contributed by atoms with van der Waals surface area (Å²) in [5.74, 6) is -1.25. The van der Waals surface area contributed by atoms with Crippen LogP contribution in [0.5, 0.6) is 0 Å². The molecule has 0 aliphatic heterocycles. The molecule has 1 aromatic carbocycles. The summed E-state index contributed by atoms with van der Waals surface area (Å²) < 4.78 is 93.2. The van der Waals surface area contributed by atoms with Crippen molar-refractivity contribution in [2.75, 3.05) is 19.1 Å². The van der Waals surface area contributed by atoms with E-state index in [1.807, 2.05) is 0 Å². The van der Waals surface area contributed by atoms with E-state index in [0.29, 0.717) is 16.8 Å². The number of amides is 2. The Bertz CT molecular complexity index is 1270. The highest BCUT2D eigenvalue weighted by molar-refractivity contribution is 6.31. The lowest BCUT2D eigenvalue weighted by Gasteiger charge is -2.20. The van der Waals surface area contributed by atoms with E-state index in [2.05, 4.69) is 19.7 Å². The van der Waals surface area contributed by atoms with Crippen LogP contribution in [0, 0.1) is 0 Å². The number of hydrogen-bond donors (Lipinski definition) is 0. The molecule has 0 aliphatic rings. The molecule has 0 aliphatic carbocycles. The van der Waals surface area contributed by atoms with Crippen molar-refractivity contribution in [2.45, 2.75) is 12.4 Å². The van der Waals surface area contributed by atoms with Crippen LogP contribution < -0.4 is 4.90 Å². The molecule has 188 valence electrons. The van der Waals surface area contributed by atoms with Crippen LogP contribution in [0.1, 0.15) is 11.3 Å². The lowest BCUT2D eigenvalue weighted by Crippen LogP contribution is -2.38. The van der Waals surface area contributed by atoms with Crippen LogP contribution in [-0.2, 0) is 28.9 Å². The van der Waals surface area contributed by atoms with Crippen molar-refractivity contribution in [3.05, 3.63) is 46.7 Å². The predicted molar refractivity (Wildman–Crippen MR) is 108 cm³/mol. The SMILES string of the molecule is COC(=O)N(C(=O)OC)c1c(-c2cc(Cl)cc(C(F)(F)F)c2)c(C(F)(F)F)nn1-c1ccn(C)n1. The molecule has 0 radical (unpaired) electrons. The van der Waals surface area contributed by atoms with Crippen molar-refractivity contribution >= 4 is 29.6 Å². The first-order chi connectivity index (χ1) is 16.2. The molecule has 0 saturated carbocycles. The number of imide groups is 1. The summed E-state index contributed by atoms with van der Waals surface area (Å²) in [4.78, 5) is 25.0. The Balaban J connectivity index is 2.53. The molecule has 3 aromatic rings. The van der Waals surface area contributed by atoms with Gasteiger partial charge in [-0.2, -0.15) is 46.1 Å². The van der Waals surface area contributed by atoms with Gasteiger partial charge in [-0.3, -0.25) is 4.68 Å². The average Bonchev–Trinajstić information content (AvgIpc) is 3.36. The van der Waals surface area contributed by atoms with Gasteiger partial charge in [0.2, 0.25) is 0 Å². The number of ether oxygens (including phenoxy) is 2. The quantitative estimate of drug-likeness (QED) is 0.431. The Morgan fingerprint density at radius 1 is 0.971 bits per heavy atom. The molecule has 35 heavy (non-hydrogen) atoms. The highest BCUT2D eigenvalue weighted by Crippen LogP contribution is 2.45. The van der Waals surface area contributed by atoms with E-state index in [1.165, 1.54) is 24.0 Å². The number of carbonyl (C=O) groups is 2. The van der Waals surface area contributed by atoms with E-state index < -0.39 is 57.8 Å². The fourth-order valence-electron chi connectivity index (χ4n) is 3.08. The fraction of sp³-hybridized carbons (Fsp3) is 0.263. The number of benzene rings is 1. The van der Waals surface area contributed by atoms with Gasteiger partial charge in [-0.15, -0.1) is 0 Å². The van der Waals surface area contributed by atoms with Gasteiger partial charge in [0, 0.05) is 24.3 Å². The number of halogens is 7. The molecular weight excluding hydrogens is 512 g/mol. The Morgan fingerprint density at radius 2 is 1.57 bits per heavy atom. The third-order valence-corrected chi connectivity index (χ3v) is 4.70. The van der Waals surface area contributed by atoms with E-state index in [4.69, 9.17) is 11.6 Å². The van der Waals surface area contributed by atoms with Gasteiger partial charge in [0.1, 0.15) is 0 Å². The second-order valence-electron chi connectivity index (χ2n) is 6.81. The van der Waals surface area contributed by atoms with Gasteiger partial charge in [-0.05, 0) is 23.8 Å². The van der Waals surface area contributed by atoms with Crippen LogP contribution in [0.3, 0.4) is 0 Å². The number of alkyl halides is 6. The first-order valence-electron chi connectivity index (χ1n) is 9.23. The summed E-state index contributed by atoms with van der Waals surface area (Å²) in [6.45, 7) is 0. The van der Waals surface area contributed by atoms with E-state index in [-0.39, 0.29) is 10.7 Å². The predicted octanol–water partition coefficient (Wildman–Crippen LogP) is 5.30. The Morgan fingerprint density at radius 3 is 2.03 bits per heavy atom. The van der Waals surface area contributed by atoms with Crippen LogP contribution in [0.15, 0.2) is 30.5 Å². The van der Waals surface area contributed by atoms with Crippen molar-refractivity contribution in [1.29, 1.82) is 0 Å². The molecule has 2 heterocycles. The molecule has 0 fully saturated rings. The number of anilines is 1. The number of aryl methyl sites for hydroxylation is 1. The van der Waals surface area contributed by atoms with Crippen molar-refractivity contribution in [3.8, 4) is 16.9 Å². The minimum atomic E-state index is -5.26. The first-order valence-corrected chi connectivity index (χ1v) is 9.61. The standard InChI is InChI=1S/C19H14ClF6N5O4/c1-29-5-4-12(27-29)31-15(30(16(32)34-2)17(33)35-3)13(14(28-31)19(24,25)26)9-6-10(18(21,22)23)8-11(20)7-9/h4-8H,1-3H3. The zero-order valence-corrected chi connectivity index (χ0v) is 18.7. The lowest BCUT2D eigenvalue weighted by atomic mass is 10.0. The van der Waals surface area contributed by atoms with E-state index >= 15 is 0 Å². The number of rotatable bonds is 3. The van der Waals surface area contributed by atoms with Crippen molar-refractivity contribution in [3.63, 3.8) is 0 Å². The maximum atomic E-state index is 14.1. The van der Waals surface area contributed by atoms with Gasteiger partial charge in [-0.1, -0.05) is 11.6 Å². The van der Waals surface area contributed by atoms with Crippen LogP contribution >= 0.6 is 11.6 Å². The second kappa shape index (κ2) is 9.13. The molecule has 0 bridgehead atoms. The van der Waals surface area contributed by atoms with Crippen LogP contribution in [0.2, 0.25) is 5.02 Å². The third-order valence-electron chi connectivity index (χ3n) is 4.49. The first kappa shape index (κ1) is 25.9. The molecule has 0 atom stereocenters. The minimum absolute atomic E-state index is 0.0421. The molecule has 2 amide bonds. The maximum absolute atomic E-state index is 14.1. The molecule has 0 spiro atoms. The highest BCUT2D eigenvalue weighted by Gasteiger charge is 2.44. The fourth-order valence-corrected chi connectivity index (χ4v) is 3.32. The van der Waals surface area contributed by atoms with Crippen LogP contribution in [-0.4, -0.2) is 46.0 Å². The zero-order valence-electron chi connectivity index (χ0n) is 17.9. The second-order valence-corrected chi connectivity index (χ2v) is 7.24. The van der Waals surface area contributed by atoms with Crippen molar-refractivity contribution < 1.29 is 45.4 Å². The lowest BCUT2D eigenvalue weighted by molar-refractivity contribution is -0.140. The summed E-state index contributed by atoms with van der Waals surface area (Å²) in [7, 11) is 3.07. The zero-order chi connectivity index (χ0) is 26.3. The Kier molecular flexibility index (Phi) is 6.75. The molecule has 9 nitrogen and oxygen atoms in total. The molecule has 3 rings (SSSR count). The minimum Gasteiger partial charge on any atom is -0.452 e.